The van der Waals surface area contributed by atoms with Gasteiger partial charge in [-0.05, 0) is 67.8 Å². The van der Waals surface area contributed by atoms with Gasteiger partial charge in [0.25, 0.3) is 5.91 Å². The lowest BCUT2D eigenvalue weighted by atomic mass is 9.92. The van der Waals surface area contributed by atoms with Gasteiger partial charge >= 0.3 is 0 Å². The molecule has 182 valence electrons. The first-order chi connectivity index (χ1) is 17.3. The molecule has 36 heavy (non-hydrogen) atoms. The van der Waals surface area contributed by atoms with Crippen molar-refractivity contribution in [3.63, 3.8) is 0 Å². The molecule has 1 saturated carbocycles. The zero-order valence-electron chi connectivity index (χ0n) is 19.6. The topological polar surface area (TPSA) is 67.2 Å². The Morgan fingerprint density at radius 1 is 1.03 bits per heavy atom. The molecule has 0 spiro atoms. The predicted molar refractivity (Wildman–Crippen MR) is 132 cm³/mol. The van der Waals surface area contributed by atoms with Crippen LogP contribution in [0, 0.1) is 11.7 Å². The number of alkyl halides is 1. The van der Waals surface area contributed by atoms with Crippen molar-refractivity contribution in [3.8, 4) is 5.69 Å². The number of carbonyl (C=O) groups excluding carboxylic acids is 2. The van der Waals surface area contributed by atoms with Gasteiger partial charge in [-0.3, -0.25) is 14.5 Å². The maximum Gasteiger partial charge on any atom is 0.267 e. The Morgan fingerprint density at radius 2 is 1.72 bits per heavy atom. The average Bonchev–Trinajstić information content (AvgIpc) is 3.62. The molecule has 2 amide bonds. The lowest BCUT2D eigenvalue weighted by Crippen LogP contribution is -2.50. The summed E-state index contributed by atoms with van der Waals surface area (Å²) in [5, 5.41) is 8.02. The highest BCUT2D eigenvalue weighted by atomic mass is 19.1. The summed E-state index contributed by atoms with van der Waals surface area (Å²) < 4.78 is 31.2. The van der Waals surface area contributed by atoms with E-state index in [1.54, 1.807) is 35.1 Å². The molecule has 1 aromatic heterocycles. The summed E-state index contributed by atoms with van der Waals surface area (Å²) in [6.07, 6.45) is 3.22. The van der Waals surface area contributed by atoms with Crippen LogP contribution in [0.25, 0.3) is 16.6 Å². The number of benzene rings is 3. The minimum absolute atomic E-state index is 0.116. The molecule has 0 radical (unpaired) electrons. The first kappa shape index (κ1) is 22.4. The number of hydrogen-bond acceptors (Lipinski definition) is 3. The summed E-state index contributed by atoms with van der Waals surface area (Å²) in [5.74, 6) is -1.37. The average molecular weight is 487 g/mol. The van der Waals surface area contributed by atoms with Crippen LogP contribution >= 0.6 is 0 Å². The second-order valence-corrected chi connectivity index (χ2v) is 9.64. The van der Waals surface area contributed by atoms with E-state index in [0.717, 1.165) is 29.3 Å². The Kier molecular flexibility index (Phi) is 5.14. The molecule has 1 unspecified atom stereocenters. The van der Waals surface area contributed by atoms with Gasteiger partial charge in [-0.2, -0.15) is 5.10 Å². The number of rotatable bonds is 5. The molecule has 1 aliphatic carbocycles. The van der Waals surface area contributed by atoms with Crippen LogP contribution in [0.4, 0.5) is 14.5 Å². The fourth-order valence-electron chi connectivity index (χ4n) is 5.00. The van der Waals surface area contributed by atoms with Crippen molar-refractivity contribution >= 4 is 28.4 Å². The lowest BCUT2D eigenvalue weighted by Gasteiger charge is -2.29. The van der Waals surface area contributed by atoms with E-state index < -0.39 is 23.7 Å². The van der Waals surface area contributed by atoms with E-state index in [1.165, 1.54) is 24.0 Å². The molecule has 3 aromatic carbocycles. The van der Waals surface area contributed by atoms with Gasteiger partial charge in [0.2, 0.25) is 11.6 Å². The minimum atomic E-state index is -2.29. The first-order valence-electron chi connectivity index (χ1n) is 12.0. The maximum absolute atomic E-state index is 16.1. The van der Waals surface area contributed by atoms with Gasteiger partial charge in [0.15, 0.2) is 0 Å². The number of nitrogens with zero attached hydrogens (tertiary/aromatic N) is 3. The largest absolute Gasteiger partial charge is 0.347 e. The Hall–Kier alpha value is -4.07. The van der Waals surface area contributed by atoms with E-state index in [4.69, 9.17) is 0 Å². The summed E-state index contributed by atoms with van der Waals surface area (Å²) in [5.41, 5.74) is 0.397. The molecular weight excluding hydrogens is 462 g/mol. The summed E-state index contributed by atoms with van der Waals surface area (Å²) in [6.45, 7) is 1.24. The monoisotopic (exact) mass is 486 g/mol. The first-order valence-corrected chi connectivity index (χ1v) is 12.0. The van der Waals surface area contributed by atoms with Gasteiger partial charge in [0.1, 0.15) is 5.82 Å². The highest BCUT2D eigenvalue weighted by Gasteiger charge is 2.59. The fourth-order valence-corrected chi connectivity index (χ4v) is 5.00. The lowest BCUT2D eigenvalue weighted by molar-refractivity contribution is -0.128. The van der Waals surface area contributed by atoms with Crippen LogP contribution in [0.2, 0.25) is 0 Å². The van der Waals surface area contributed by atoms with E-state index in [9.17, 15) is 14.0 Å². The van der Waals surface area contributed by atoms with Gasteiger partial charge in [0.05, 0.1) is 29.5 Å². The number of nitrogens with one attached hydrogen (secondary N) is 1. The molecule has 2 heterocycles. The number of aromatic nitrogens is 2. The molecule has 2 aliphatic rings. The minimum Gasteiger partial charge on any atom is -0.347 e. The molecule has 0 bridgehead atoms. The third kappa shape index (κ3) is 3.64. The van der Waals surface area contributed by atoms with Gasteiger partial charge in [-0.15, -0.1) is 0 Å². The van der Waals surface area contributed by atoms with Crippen molar-refractivity contribution in [2.75, 3.05) is 4.90 Å². The molecule has 6 nitrogen and oxygen atoms in total. The second-order valence-electron chi connectivity index (χ2n) is 9.64. The predicted octanol–water partition coefficient (Wildman–Crippen LogP) is 4.88. The van der Waals surface area contributed by atoms with Crippen LogP contribution < -0.4 is 10.2 Å². The Labute approximate surface area is 206 Å². The van der Waals surface area contributed by atoms with Crippen LogP contribution in [-0.2, 0) is 9.59 Å². The van der Waals surface area contributed by atoms with Crippen molar-refractivity contribution in [2.24, 2.45) is 5.92 Å². The van der Waals surface area contributed by atoms with Crippen LogP contribution in [0.15, 0.2) is 79.0 Å². The van der Waals surface area contributed by atoms with E-state index in [2.05, 4.69) is 10.4 Å². The highest BCUT2D eigenvalue weighted by molar-refractivity contribution is 6.05. The Balaban J connectivity index is 1.43. The van der Waals surface area contributed by atoms with Crippen LogP contribution in [-0.4, -0.2) is 33.3 Å². The SMILES string of the molecule is C[C@]1(F)C(=O)N(c2ccc3c(cnn3-c3ccc(F)cc3)c2)[C@H](c2ccccc2)C1NC(=O)C1CC1. The van der Waals surface area contributed by atoms with Gasteiger partial charge in [-0.1, -0.05) is 30.3 Å². The van der Waals surface area contributed by atoms with E-state index in [0.29, 0.717) is 11.4 Å². The van der Waals surface area contributed by atoms with E-state index in [1.807, 2.05) is 36.4 Å². The van der Waals surface area contributed by atoms with Crippen LogP contribution in [0.5, 0.6) is 0 Å². The van der Waals surface area contributed by atoms with E-state index >= 15 is 4.39 Å². The number of carbonyl (C=O) groups is 2. The van der Waals surface area contributed by atoms with Gasteiger partial charge in [0, 0.05) is 17.0 Å². The smallest absolute Gasteiger partial charge is 0.267 e. The third-order valence-electron chi connectivity index (χ3n) is 7.10. The van der Waals surface area contributed by atoms with Gasteiger partial charge in [-0.25, -0.2) is 13.5 Å². The van der Waals surface area contributed by atoms with Gasteiger partial charge < -0.3 is 5.32 Å². The third-order valence-corrected chi connectivity index (χ3v) is 7.10. The zero-order valence-corrected chi connectivity index (χ0v) is 19.6. The molecule has 4 aromatic rings. The van der Waals surface area contributed by atoms with Crippen LogP contribution in [0.1, 0.15) is 31.4 Å². The quantitative estimate of drug-likeness (QED) is 0.438. The number of anilines is 1. The summed E-state index contributed by atoms with van der Waals surface area (Å²) in [4.78, 5) is 27.6. The number of amides is 2. The highest BCUT2D eigenvalue weighted by Crippen LogP contribution is 2.45. The molecule has 1 N–H and O–H groups in total. The Bertz CT molecular complexity index is 1460. The molecule has 2 fully saturated rings. The zero-order chi connectivity index (χ0) is 25.0. The normalized spacial score (nSPS) is 23.9. The number of halogens is 2. The summed E-state index contributed by atoms with van der Waals surface area (Å²) in [6, 6.07) is 18.8. The van der Waals surface area contributed by atoms with E-state index in [-0.39, 0.29) is 17.6 Å². The van der Waals surface area contributed by atoms with Crippen molar-refractivity contribution in [1.82, 2.24) is 15.1 Å². The van der Waals surface area contributed by atoms with Crippen molar-refractivity contribution in [2.45, 2.75) is 37.5 Å². The fraction of sp³-hybridized carbons (Fsp3) is 0.250. The van der Waals surface area contributed by atoms with Crippen molar-refractivity contribution < 1.29 is 18.4 Å². The number of fused-ring (bicyclic) bond motifs is 1. The number of hydrogen-bond donors (Lipinski definition) is 1. The molecule has 6 rings (SSSR count). The standard InChI is InChI=1S/C28H24F2N4O2/c1-28(30)25(32-26(35)18-7-8-18)24(17-5-3-2-4-6-17)33(27(28)36)22-13-14-23-19(15-22)16-31-34(23)21-11-9-20(29)10-12-21/h2-6,9-16,18,24-25H,7-8H2,1H3,(H,32,35)/t24-,25?,28-/m1/s1. The molecule has 1 saturated heterocycles. The summed E-state index contributed by atoms with van der Waals surface area (Å²) >= 11 is 0. The van der Waals surface area contributed by atoms with Crippen molar-refractivity contribution in [3.05, 3.63) is 90.4 Å². The van der Waals surface area contributed by atoms with Crippen molar-refractivity contribution in [1.29, 1.82) is 0 Å². The molecule has 3 atom stereocenters. The summed E-state index contributed by atoms with van der Waals surface area (Å²) in [7, 11) is 0. The second kappa shape index (κ2) is 8.26. The molecule has 1 aliphatic heterocycles. The molecule has 8 heteroatoms. The Morgan fingerprint density at radius 3 is 2.42 bits per heavy atom. The maximum atomic E-state index is 16.1. The van der Waals surface area contributed by atoms with Crippen LogP contribution in [0.3, 0.4) is 0 Å². The molecular formula is C28H24F2N4O2.